The van der Waals surface area contributed by atoms with Crippen LogP contribution >= 0.6 is 0 Å². The van der Waals surface area contributed by atoms with Crippen LogP contribution in [0.5, 0.6) is 0 Å². The summed E-state index contributed by atoms with van der Waals surface area (Å²) in [6, 6.07) is 14.7. The number of nitrogens with zero attached hydrogens (tertiary/aromatic N) is 1. The lowest BCUT2D eigenvalue weighted by molar-refractivity contribution is -0.00467. The largest absolute Gasteiger partial charge is 0.386 e. The van der Waals surface area contributed by atoms with Crippen LogP contribution in [0.25, 0.3) is 10.8 Å². The van der Waals surface area contributed by atoms with Crippen LogP contribution in [0.3, 0.4) is 0 Å². The van der Waals surface area contributed by atoms with E-state index in [1.165, 1.54) is 23.6 Å². The Morgan fingerprint density at radius 1 is 1.00 bits per heavy atom. The van der Waals surface area contributed by atoms with Gasteiger partial charge in [0.2, 0.25) is 0 Å². The molecular formula is C18H23NO. The van der Waals surface area contributed by atoms with E-state index in [-0.39, 0.29) is 5.54 Å². The van der Waals surface area contributed by atoms with Crippen molar-refractivity contribution >= 4 is 10.8 Å². The minimum atomic E-state index is -0.412. The third-order valence-electron chi connectivity index (χ3n) is 4.96. The first kappa shape index (κ1) is 13.6. The highest BCUT2D eigenvalue weighted by atomic mass is 16.3. The second-order valence-corrected chi connectivity index (χ2v) is 6.21. The fourth-order valence-corrected chi connectivity index (χ4v) is 3.64. The first-order chi connectivity index (χ1) is 9.63. The summed E-state index contributed by atoms with van der Waals surface area (Å²) in [6.45, 7) is 0. The Bertz CT molecular complexity index is 599. The van der Waals surface area contributed by atoms with Gasteiger partial charge in [0, 0.05) is 0 Å². The highest BCUT2D eigenvalue weighted by Crippen LogP contribution is 2.43. The number of fused-ring (bicyclic) bond motifs is 1. The standard InChI is InChI=1S/C18H23NO/c1-19(2)18(11-5-6-12-18)17(20)16-10-9-14-7-3-4-8-15(14)13-16/h3-4,7-10,13,17,20H,5-6,11-12H2,1-2H3. The topological polar surface area (TPSA) is 23.5 Å². The third kappa shape index (κ3) is 2.13. The smallest absolute Gasteiger partial charge is 0.0973 e. The summed E-state index contributed by atoms with van der Waals surface area (Å²) in [6.07, 6.45) is 4.16. The second kappa shape index (κ2) is 5.19. The lowest BCUT2D eigenvalue weighted by Crippen LogP contribution is -2.47. The fraction of sp³-hybridized carbons (Fsp3) is 0.444. The Kier molecular flexibility index (Phi) is 3.53. The Morgan fingerprint density at radius 3 is 2.30 bits per heavy atom. The van der Waals surface area contributed by atoms with Crippen molar-refractivity contribution < 1.29 is 5.11 Å². The third-order valence-corrected chi connectivity index (χ3v) is 4.96. The van der Waals surface area contributed by atoms with E-state index < -0.39 is 6.10 Å². The average Bonchev–Trinajstić information content (AvgIpc) is 2.97. The molecule has 2 nitrogen and oxygen atoms in total. The molecule has 0 heterocycles. The van der Waals surface area contributed by atoms with Crippen molar-refractivity contribution in [1.29, 1.82) is 0 Å². The van der Waals surface area contributed by atoms with Crippen LogP contribution in [0.1, 0.15) is 37.4 Å². The quantitative estimate of drug-likeness (QED) is 0.917. The molecule has 2 aromatic carbocycles. The number of likely N-dealkylation sites (N-methyl/N-ethyl adjacent to an activating group) is 1. The molecule has 0 bridgehead atoms. The highest BCUT2D eigenvalue weighted by molar-refractivity contribution is 5.83. The number of hydrogen-bond donors (Lipinski definition) is 1. The molecule has 0 aliphatic heterocycles. The fourth-order valence-electron chi connectivity index (χ4n) is 3.64. The zero-order chi connectivity index (χ0) is 14.2. The van der Waals surface area contributed by atoms with Crippen LogP contribution in [0.15, 0.2) is 42.5 Å². The molecule has 0 amide bonds. The lowest BCUT2D eigenvalue weighted by atomic mass is 9.84. The Labute approximate surface area is 121 Å². The molecule has 1 atom stereocenters. The SMILES string of the molecule is CN(C)C1(C(O)c2ccc3ccccc3c2)CCCC1. The van der Waals surface area contributed by atoms with E-state index in [0.29, 0.717) is 0 Å². The van der Waals surface area contributed by atoms with Crippen LogP contribution in [-0.4, -0.2) is 29.6 Å². The van der Waals surface area contributed by atoms with E-state index in [1.54, 1.807) is 0 Å². The van der Waals surface area contributed by atoms with Gasteiger partial charge in [-0.05, 0) is 49.3 Å². The maximum Gasteiger partial charge on any atom is 0.0973 e. The number of aliphatic hydroxyl groups excluding tert-OH is 1. The summed E-state index contributed by atoms with van der Waals surface area (Å²) in [7, 11) is 4.19. The summed E-state index contributed by atoms with van der Waals surface area (Å²) in [5.74, 6) is 0. The van der Waals surface area contributed by atoms with Gasteiger partial charge in [0.25, 0.3) is 0 Å². The Hall–Kier alpha value is -1.38. The zero-order valence-electron chi connectivity index (χ0n) is 12.3. The normalized spacial score (nSPS) is 19.6. The number of aliphatic hydroxyl groups is 1. The zero-order valence-corrected chi connectivity index (χ0v) is 12.3. The maximum atomic E-state index is 11.0. The van der Waals surface area contributed by atoms with Gasteiger partial charge in [0.15, 0.2) is 0 Å². The van der Waals surface area contributed by atoms with Crippen molar-refractivity contribution in [2.24, 2.45) is 0 Å². The van der Waals surface area contributed by atoms with Crippen LogP contribution in [0.4, 0.5) is 0 Å². The predicted octanol–water partition coefficient (Wildman–Crippen LogP) is 3.75. The number of benzene rings is 2. The van der Waals surface area contributed by atoms with Crippen molar-refractivity contribution in [2.45, 2.75) is 37.3 Å². The van der Waals surface area contributed by atoms with Crippen molar-refractivity contribution in [2.75, 3.05) is 14.1 Å². The summed E-state index contributed by atoms with van der Waals surface area (Å²) in [5, 5.41) is 13.4. The van der Waals surface area contributed by atoms with Crippen molar-refractivity contribution in [3.8, 4) is 0 Å². The molecule has 2 aromatic rings. The van der Waals surface area contributed by atoms with Crippen LogP contribution in [-0.2, 0) is 0 Å². The molecule has 0 aromatic heterocycles. The molecule has 106 valence electrons. The molecule has 1 unspecified atom stereocenters. The Morgan fingerprint density at radius 2 is 1.65 bits per heavy atom. The Balaban J connectivity index is 2.00. The van der Waals surface area contributed by atoms with Crippen molar-refractivity contribution in [3.63, 3.8) is 0 Å². The average molecular weight is 269 g/mol. The maximum absolute atomic E-state index is 11.0. The first-order valence-corrected chi connectivity index (χ1v) is 7.48. The van der Waals surface area contributed by atoms with Gasteiger partial charge >= 0.3 is 0 Å². The molecule has 20 heavy (non-hydrogen) atoms. The molecule has 0 radical (unpaired) electrons. The summed E-state index contributed by atoms with van der Waals surface area (Å²) in [4.78, 5) is 2.22. The van der Waals surface area contributed by atoms with Gasteiger partial charge in [-0.1, -0.05) is 49.2 Å². The van der Waals surface area contributed by atoms with Crippen LogP contribution < -0.4 is 0 Å². The molecule has 3 rings (SSSR count). The minimum absolute atomic E-state index is 0.0948. The predicted molar refractivity (Wildman–Crippen MR) is 83.8 cm³/mol. The second-order valence-electron chi connectivity index (χ2n) is 6.21. The summed E-state index contributed by atoms with van der Waals surface area (Å²) >= 11 is 0. The van der Waals surface area contributed by atoms with Gasteiger partial charge in [-0.2, -0.15) is 0 Å². The van der Waals surface area contributed by atoms with Gasteiger partial charge in [-0.3, -0.25) is 0 Å². The van der Waals surface area contributed by atoms with Gasteiger partial charge in [-0.25, -0.2) is 0 Å². The first-order valence-electron chi connectivity index (χ1n) is 7.48. The van der Waals surface area contributed by atoms with E-state index in [4.69, 9.17) is 0 Å². The van der Waals surface area contributed by atoms with Crippen molar-refractivity contribution in [1.82, 2.24) is 4.90 Å². The molecule has 1 saturated carbocycles. The van der Waals surface area contributed by atoms with E-state index in [2.05, 4.69) is 61.5 Å². The van der Waals surface area contributed by atoms with Gasteiger partial charge < -0.3 is 10.0 Å². The molecule has 1 aliphatic carbocycles. The van der Waals surface area contributed by atoms with Crippen LogP contribution in [0.2, 0.25) is 0 Å². The minimum Gasteiger partial charge on any atom is -0.386 e. The number of hydrogen-bond acceptors (Lipinski definition) is 2. The number of rotatable bonds is 3. The van der Waals surface area contributed by atoms with Gasteiger partial charge in [0.05, 0.1) is 11.6 Å². The molecule has 2 heteroatoms. The lowest BCUT2D eigenvalue weighted by Gasteiger charge is -2.40. The van der Waals surface area contributed by atoms with E-state index >= 15 is 0 Å². The van der Waals surface area contributed by atoms with E-state index in [9.17, 15) is 5.11 Å². The molecule has 1 aliphatic rings. The van der Waals surface area contributed by atoms with Crippen LogP contribution in [0, 0.1) is 0 Å². The van der Waals surface area contributed by atoms with Gasteiger partial charge in [0.1, 0.15) is 0 Å². The molecule has 1 fully saturated rings. The van der Waals surface area contributed by atoms with E-state index in [0.717, 1.165) is 18.4 Å². The molecule has 0 spiro atoms. The molecule has 0 saturated heterocycles. The van der Waals surface area contributed by atoms with Gasteiger partial charge in [-0.15, -0.1) is 0 Å². The molecular weight excluding hydrogens is 246 g/mol. The summed E-state index contributed by atoms with van der Waals surface area (Å²) < 4.78 is 0. The molecule has 1 N–H and O–H groups in total. The van der Waals surface area contributed by atoms with Crippen molar-refractivity contribution in [3.05, 3.63) is 48.0 Å². The highest BCUT2D eigenvalue weighted by Gasteiger charge is 2.43. The monoisotopic (exact) mass is 269 g/mol. The summed E-state index contributed by atoms with van der Waals surface area (Å²) in [5.41, 5.74) is 0.946. The van der Waals surface area contributed by atoms with E-state index in [1.807, 2.05) is 0 Å².